The van der Waals surface area contributed by atoms with E-state index < -0.39 is 17.6 Å². The number of hydrazone groups is 1. The molecule has 0 bridgehead atoms. The number of amides is 2. The fraction of sp³-hybridized carbons (Fsp3) is 0.211. The Hall–Kier alpha value is -2.93. The number of para-hydroxylation sites is 1. The molecular weight excluding hydrogens is 371 g/mol. The van der Waals surface area contributed by atoms with Crippen molar-refractivity contribution in [3.63, 3.8) is 0 Å². The zero-order valence-corrected chi connectivity index (χ0v) is 15.7. The highest BCUT2D eigenvalue weighted by molar-refractivity contribution is 6.35. The maximum atomic E-state index is 13.8. The van der Waals surface area contributed by atoms with Gasteiger partial charge in [-0.2, -0.15) is 5.10 Å². The van der Waals surface area contributed by atoms with Crippen LogP contribution in [0.5, 0.6) is 0 Å². The fourth-order valence-electron chi connectivity index (χ4n) is 2.06. The Morgan fingerprint density at radius 2 is 1.93 bits per heavy atom. The maximum absolute atomic E-state index is 13.8. The van der Waals surface area contributed by atoms with Gasteiger partial charge in [0.2, 0.25) is 0 Å². The molecule has 1 atom stereocenters. The van der Waals surface area contributed by atoms with Crippen molar-refractivity contribution in [3.8, 4) is 0 Å². The Bertz CT molecular complexity index is 857. The first-order valence-electron chi connectivity index (χ1n) is 8.35. The molecule has 0 aliphatic heterocycles. The second-order valence-electron chi connectivity index (χ2n) is 5.82. The van der Waals surface area contributed by atoms with Gasteiger partial charge in [-0.25, -0.2) is 9.82 Å². The number of anilines is 2. The van der Waals surface area contributed by atoms with Gasteiger partial charge >= 0.3 is 11.8 Å². The average Bonchev–Trinajstić information content (AvgIpc) is 2.65. The number of carbonyl (C=O) groups is 2. The van der Waals surface area contributed by atoms with Crippen molar-refractivity contribution in [1.82, 2.24) is 10.7 Å². The third-order valence-electron chi connectivity index (χ3n) is 3.72. The molecule has 142 valence electrons. The summed E-state index contributed by atoms with van der Waals surface area (Å²) in [5.74, 6) is -2.06. The molecule has 0 spiro atoms. The predicted octanol–water partition coefficient (Wildman–Crippen LogP) is 3.59. The summed E-state index contributed by atoms with van der Waals surface area (Å²) in [6.45, 7) is 3.69. The maximum Gasteiger partial charge on any atom is 0.329 e. The van der Waals surface area contributed by atoms with Gasteiger partial charge in [-0.1, -0.05) is 30.7 Å². The van der Waals surface area contributed by atoms with E-state index in [0.717, 1.165) is 0 Å². The molecule has 2 rings (SSSR count). The summed E-state index contributed by atoms with van der Waals surface area (Å²) in [7, 11) is 0. The van der Waals surface area contributed by atoms with Gasteiger partial charge in [-0.15, -0.1) is 0 Å². The summed E-state index contributed by atoms with van der Waals surface area (Å²) in [5, 5.41) is 9.71. The molecule has 2 aromatic carbocycles. The summed E-state index contributed by atoms with van der Waals surface area (Å²) in [4.78, 5) is 23.4. The summed E-state index contributed by atoms with van der Waals surface area (Å²) in [6.07, 6.45) is 2.03. The van der Waals surface area contributed by atoms with E-state index in [-0.39, 0.29) is 11.7 Å². The minimum Gasteiger partial charge on any atom is -0.353 e. The summed E-state index contributed by atoms with van der Waals surface area (Å²) in [5.41, 5.74) is 3.48. The van der Waals surface area contributed by atoms with Gasteiger partial charge in [0.1, 0.15) is 5.82 Å². The zero-order valence-electron chi connectivity index (χ0n) is 14.9. The number of hydrogen-bond acceptors (Lipinski definition) is 4. The van der Waals surface area contributed by atoms with E-state index in [1.54, 1.807) is 43.3 Å². The third-order valence-corrected chi connectivity index (χ3v) is 3.96. The monoisotopic (exact) mass is 390 g/mol. The van der Waals surface area contributed by atoms with E-state index in [1.807, 2.05) is 6.92 Å². The van der Waals surface area contributed by atoms with Crippen LogP contribution in [-0.2, 0) is 9.59 Å². The molecule has 0 fully saturated rings. The van der Waals surface area contributed by atoms with Crippen molar-refractivity contribution in [2.75, 3.05) is 5.32 Å². The van der Waals surface area contributed by atoms with Crippen LogP contribution in [0.3, 0.4) is 0 Å². The van der Waals surface area contributed by atoms with Crippen molar-refractivity contribution in [2.45, 2.75) is 26.3 Å². The molecule has 2 aromatic rings. The second kappa shape index (κ2) is 9.68. The molecular formula is C19H20ClFN4O2. The lowest BCUT2D eigenvalue weighted by Gasteiger charge is -2.11. The van der Waals surface area contributed by atoms with E-state index in [4.69, 9.17) is 11.6 Å². The van der Waals surface area contributed by atoms with E-state index in [1.165, 1.54) is 12.3 Å². The van der Waals surface area contributed by atoms with Crippen molar-refractivity contribution in [3.05, 3.63) is 58.9 Å². The van der Waals surface area contributed by atoms with Crippen molar-refractivity contribution in [1.29, 1.82) is 0 Å². The Morgan fingerprint density at radius 1 is 1.19 bits per heavy atom. The van der Waals surface area contributed by atoms with Gasteiger partial charge in [0.05, 0.1) is 11.9 Å². The van der Waals surface area contributed by atoms with Crippen LogP contribution in [0.15, 0.2) is 47.6 Å². The minimum atomic E-state index is -0.878. The second-order valence-corrected chi connectivity index (χ2v) is 6.25. The smallest absolute Gasteiger partial charge is 0.329 e. The molecule has 0 heterocycles. The van der Waals surface area contributed by atoms with Crippen LogP contribution in [0.4, 0.5) is 15.8 Å². The van der Waals surface area contributed by atoms with Crippen molar-refractivity contribution < 1.29 is 14.0 Å². The van der Waals surface area contributed by atoms with Gasteiger partial charge < -0.3 is 10.6 Å². The number of carbonyl (C=O) groups excluding carboxylic acids is 2. The number of rotatable bonds is 6. The minimum absolute atomic E-state index is 0.114. The summed E-state index contributed by atoms with van der Waals surface area (Å²) < 4.78 is 13.8. The van der Waals surface area contributed by atoms with Gasteiger partial charge in [-0.05, 0) is 43.7 Å². The molecule has 0 saturated heterocycles. The molecule has 0 radical (unpaired) electrons. The normalized spacial score (nSPS) is 11.9. The molecule has 0 aromatic heterocycles. The number of halogens is 2. The van der Waals surface area contributed by atoms with Gasteiger partial charge in [0.25, 0.3) is 0 Å². The van der Waals surface area contributed by atoms with Gasteiger partial charge in [0.15, 0.2) is 0 Å². The molecule has 0 aliphatic carbocycles. The number of nitrogens with one attached hydrogen (secondary N) is 3. The SMILES string of the molecule is CC[C@H](C)NC(=O)C(=O)N/N=C\c1cc(Cl)ccc1Nc1ccccc1F. The van der Waals surface area contributed by atoms with Crippen LogP contribution < -0.4 is 16.1 Å². The molecule has 0 saturated carbocycles. The Morgan fingerprint density at radius 3 is 2.63 bits per heavy atom. The highest BCUT2D eigenvalue weighted by Crippen LogP contribution is 2.24. The quantitative estimate of drug-likeness (QED) is 0.400. The van der Waals surface area contributed by atoms with Gasteiger partial charge in [-0.3, -0.25) is 9.59 Å². The molecule has 2 amide bonds. The molecule has 8 heteroatoms. The van der Waals surface area contributed by atoms with Crippen LogP contribution in [0.25, 0.3) is 0 Å². The largest absolute Gasteiger partial charge is 0.353 e. The standard InChI is InChI=1S/C19H20ClFN4O2/c1-3-12(2)23-18(26)19(27)25-22-11-13-10-14(20)8-9-16(13)24-17-7-5-4-6-15(17)21/h4-12,24H,3H2,1-2H3,(H,23,26)(H,25,27)/b22-11-/t12-/m0/s1. The van der Waals surface area contributed by atoms with E-state index >= 15 is 0 Å². The molecule has 0 aliphatic rings. The first-order valence-corrected chi connectivity index (χ1v) is 8.73. The van der Waals surface area contributed by atoms with Crippen LogP contribution in [0.1, 0.15) is 25.8 Å². The first kappa shape index (κ1) is 20.4. The van der Waals surface area contributed by atoms with Crippen LogP contribution >= 0.6 is 11.6 Å². The molecule has 3 N–H and O–H groups in total. The zero-order chi connectivity index (χ0) is 19.8. The van der Waals surface area contributed by atoms with Crippen molar-refractivity contribution >= 4 is 41.0 Å². The van der Waals surface area contributed by atoms with Crippen LogP contribution in [-0.4, -0.2) is 24.1 Å². The van der Waals surface area contributed by atoms with Gasteiger partial charge in [0, 0.05) is 22.3 Å². The number of nitrogens with zero attached hydrogens (tertiary/aromatic N) is 1. The van der Waals surface area contributed by atoms with E-state index in [0.29, 0.717) is 22.7 Å². The van der Waals surface area contributed by atoms with E-state index in [9.17, 15) is 14.0 Å². The Kier molecular flexibility index (Phi) is 7.31. The van der Waals surface area contributed by atoms with Crippen LogP contribution in [0.2, 0.25) is 5.02 Å². The fourth-order valence-corrected chi connectivity index (χ4v) is 2.25. The highest BCUT2D eigenvalue weighted by Gasteiger charge is 2.14. The number of benzene rings is 2. The third kappa shape index (κ3) is 6.07. The van der Waals surface area contributed by atoms with Crippen molar-refractivity contribution in [2.24, 2.45) is 5.10 Å². The number of hydrogen-bond donors (Lipinski definition) is 3. The molecule has 27 heavy (non-hydrogen) atoms. The Labute approximate surface area is 161 Å². The highest BCUT2D eigenvalue weighted by atomic mass is 35.5. The molecule has 6 nitrogen and oxygen atoms in total. The topological polar surface area (TPSA) is 82.6 Å². The Balaban J connectivity index is 2.10. The van der Waals surface area contributed by atoms with E-state index in [2.05, 4.69) is 21.2 Å². The lowest BCUT2D eigenvalue weighted by Crippen LogP contribution is -2.41. The summed E-state index contributed by atoms with van der Waals surface area (Å²) in [6, 6.07) is 11.0. The first-order chi connectivity index (χ1) is 12.9. The lowest BCUT2D eigenvalue weighted by atomic mass is 10.2. The predicted molar refractivity (Wildman–Crippen MR) is 105 cm³/mol. The molecule has 0 unspecified atom stereocenters. The summed E-state index contributed by atoms with van der Waals surface area (Å²) >= 11 is 6.00. The average molecular weight is 391 g/mol. The van der Waals surface area contributed by atoms with Crippen LogP contribution in [0, 0.1) is 5.82 Å². The lowest BCUT2D eigenvalue weighted by molar-refractivity contribution is -0.139.